The molecule has 5 nitrogen and oxygen atoms in total. The van der Waals surface area contributed by atoms with Crippen molar-refractivity contribution >= 4 is 34.0 Å². The average Bonchev–Trinajstić information content (AvgIpc) is 3.03. The fourth-order valence-corrected chi connectivity index (χ4v) is 3.48. The van der Waals surface area contributed by atoms with E-state index in [2.05, 4.69) is 9.69 Å². The number of aromatic nitrogens is 1. The van der Waals surface area contributed by atoms with Crippen molar-refractivity contribution in [3.05, 3.63) is 70.4 Å². The summed E-state index contributed by atoms with van der Waals surface area (Å²) in [7, 11) is 0. The van der Waals surface area contributed by atoms with Crippen molar-refractivity contribution < 1.29 is 22.7 Å². The maximum absolute atomic E-state index is 12.6. The van der Waals surface area contributed by atoms with Gasteiger partial charge in [-0.1, -0.05) is 23.7 Å². The minimum atomic E-state index is -4.40. The Morgan fingerprint density at radius 2 is 1.73 bits per heavy atom. The van der Waals surface area contributed by atoms with Gasteiger partial charge in [0.2, 0.25) is 5.91 Å². The van der Waals surface area contributed by atoms with Gasteiger partial charge in [0, 0.05) is 0 Å². The molecule has 10 heteroatoms. The Hall–Kier alpha value is -3.09. The van der Waals surface area contributed by atoms with Crippen molar-refractivity contribution in [2.75, 3.05) is 5.32 Å². The molecule has 0 aliphatic heterocycles. The van der Waals surface area contributed by atoms with Crippen molar-refractivity contribution in [3.8, 4) is 17.6 Å². The molecule has 0 aliphatic carbocycles. The standard InChI is InChI=1S/C20H13ClF3N3O2S/c21-18-16(9-10-25)27-30-19(18)26-17(28)11-12-1-5-14(6-2-12)29-15-7-3-13(4-8-15)20(22,23)24/h1-8H,9,11H2,(H,26,28). The van der Waals surface area contributed by atoms with Gasteiger partial charge in [-0.3, -0.25) is 4.79 Å². The Kier molecular flexibility index (Phi) is 6.59. The van der Waals surface area contributed by atoms with Crippen LogP contribution in [0, 0.1) is 11.3 Å². The monoisotopic (exact) mass is 451 g/mol. The van der Waals surface area contributed by atoms with Crippen LogP contribution in [0.5, 0.6) is 11.5 Å². The molecule has 154 valence electrons. The molecule has 0 bridgehead atoms. The molecule has 0 radical (unpaired) electrons. The SMILES string of the molecule is N#CCc1nsc(NC(=O)Cc2ccc(Oc3ccc(C(F)(F)F)cc3)cc2)c1Cl. The van der Waals surface area contributed by atoms with Gasteiger partial charge < -0.3 is 10.1 Å². The summed E-state index contributed by atoms with van der Waals surface area (Å²) in [6.45, 7) is 0. The molecule has 3 aromatic rings. The van der Waals surface area contributed by atoms with Crippen LogP contribution in [-0.2, 0) is 23.8 Å². The number of carbonyl (C=O) groups is 1. The molecule has 1 heterocycles. The first-order valence-electron chi connectivity index (χ1n) is 8.51. The number of anilines is 1. The van der Waals surface area contributed by atoms with Crippen molar-refractivity contribution in [3.63, 3.8) is 0 Å². The van der Waals surface area contributed by atoms with E-state index in [0.717, 1.165) is 23.7 Å². The molecule has 0 fully saturated rings. The second-order valence-electron chi connectivity index (χ2n) is 6.10. The number of nitriles is 1. The van der Waals surface area contributed by atoms with E-state index in [1.54, 1.807) is 24.3 Å². The van der Waals surface area contributed by atoms with Crippen LogP contribution in [0.3, 0.4) is 0 Å². The highest BCUT2D eigenvalue weighted by molar-refractivity contribution is 7.11. The summed E-state index contributed by atoms with van der Waals surface area (Å²) in [4.78, 5) is 12.2. The van der Waals surface area contributed by atoms with Gasteiger partial charge in [-0.05, 0) is 53.5 Å². The Labute approximate surface area is 178 Å². The summed E-state index contributed by atoms with van der Waals surface area (Å²) in [5.41, 5.74) is 0.367. The number of halogens is 4. The number of ether oxygens (including phenoxy) is 1. The molecule has 0 unspecified atom stereocenters. The van der Waals surface area contributed by atoms with Crippen molar-refractivity contribution in [1.82, 2.24) is 4.37 Å². The molecule has 30 heavy (non-hydrogen) atoms. The summed E-state index contributed by atoms with van der Waals surface area (Å²) < 4.78 is 47.3. The van der Waals surface area contributed by atoms with E-state index in [9.17, 15) is 18.0 Å². The van der Waals surface area contributed by atoms with E-state index >= 15 is 0 Å². The number of alkyl halides is 3. The maximum Gasteiger partial charge on any atom is 0.416 e. The van der Waals surface area contributed by atoms with Gasteiger partial charge in [0.05, 0.1) is 35.2 Å². The predicted octanol–water partition coefficient (Wildman–Crippen LogP) is 5.85. The van der Waals surface area contributed by atoms with Crippen molar-refractivity contribution in [2.24, 2.45) is 0 Å². The lowest BCUT2D eigenvalue weighted by atomic mass is 10.1. The first-order chi connectivity index (χ1) is 14.3. The summed E-state index contributed by atoms with van der Waals surface area (Å²) in [5, 5.41) is 12.0. The second kappa shape index (κ2) is 9.15. The van der Waals surface area contributed by atoms with Gasteiger partial charge in [0.15, 0.2) is 0 Å². The summed E-state index contributed by atoms with van der Waals surface area (Å²) >= 11 is 7.09. The minimum absolute atomic E-state index is 0.0611. The third-order valence-electron chi connectivity index (χ3n) is 3.90. The van der Waals surface area contributed by atoms with E-state index in [1.165, 1.54) is 12.1 Å². The third-order valence-corrected chi connectivity index (χ3v) is 5.22. The molecule has 1 aromatic heterocycles. The average molecular weight is 452 g/mol. The lowest BCUT2D eigenvalue weighted by molar-refractivity contribution is -0.137. The summed E-state index contributed by atoms with van der Waals surface area (Å²) in [6, 6.07) is 12.9. The molecule has 2 aromatic carbocycles. The Morgan fingerprint density at radius 1 is 1.13 bits per heavy atom. The van der Waals surface area contributed by atoms with Crippen molar-refractivity contribution in [1.29, 1.82) is 5.26 Å². The van der Waals surface area contributed by atoms with E-state index in [0.29, 0.717) is 22.0 Å². The van der Waals surface area contributed by atoms with E-state index in [4.69, 9.17) is 21.6 Å². The molecule has 0 saturated heterocycles. The molecular weight excluding hydrogens is 439 g/mol. The molecule has 0 aliphatic rings. The molecule has 0 spiro atoms. The number of hydrogen-bond acceptors (Lipinski definition) is 5. The number of nitrogens with zero attached hydrogens (tertiary/aromatic N) is 2. The predicted molar refractivity (Wildman–Crippen MR) is 107 cm³/mol. The quantitative estimate of drug-likeness (QED) is 0.509. The van der Waals surface area contributed by atoms with E-state index < -0.39 is 11.7 Å². The normalized spacial score (nSPS) is 11.0. The molecule has 1 N–H and O–H groups in total. The van der Waals surface area contributed by atoms with Gasteiger partial charge >= 0.3 is 6.18 Å². The number of carbonyl (C=O) groups excluding carboxylic acids is 1. The van der Waals surface area contributed by atoms with Crippen LogP contribution in [0.15, 0.2) is 48.5 Å². The Bertz CT molecular complexity index is 1070. The molecule has 1 amide bonds. The van der Waals surface area contributed by atoms with Crippen LogP contribution in [0.2, 0.25) is 5.02 Å². The molecule has 0 saturated carbocycles. The van der Waals surface area contributed by atoms with E-state index in [1.807, 2.05) is 6.07 Å². The fraction of sp³-hybridized carbons (Fsp3) is 0.150. The smallest absolute Gasteiger partial charge is 0.416 e. The largest absolute Gasteiger partial charge is 0.457 e. The Morgan fingerprint density at radius 3 is 2.30 bits per heavy atom. The lowest BCUT2D eigenvalue weighted by Crippen LogP contribution is -2.13. The van der Waals surface area contributed by atoms with E-state index in [-0.39, 0.29) is 29.5 Å². The van der Waals surface area contributed by atoms with Crippen LogP contribution < -0.4 is 10.1 Å². The molecular formula is C20H13ClF3N3O2S. The van der Waals surface area contributed by atoms with Gasteiger partial charge in [-0.2, -0.15) is 22.8 Å². The van der Waals surface area contributed by atoms with Gasteiger partial charge in [0.1, 0.15) is 16.5 Å². The zero-order valence-electron chi connectivity index (χ0n) is 15.2. The zero-order chi connectivity index (χ0) is 21.7. The van der Waals surface area contributed by atoms with Crippen LogP contribution in [0.1, 0.15) is 16.8 Å². The van der Waals surface area contributed by atoms with Crippen LogP contribution in [0.25, 0.3) is 0 Å². The molecule has 0 atom stereocenters. The van der Waals surface area contributed by atoms with Gasteiger partial charge in [-0.15, -0.1) is 0 Å². The number of amides is 1. The summed E-state index contributed by atoms with van der Waals surface area (Å²) in [5.74, 6) is 0.382. The van der Waals surface area contributed by atoms with Crippen LogP contribution in [0.4, 0.5) is 18.2 Å². The number of benzene rings is 2. The van der Waals surface area contributed by atoms with Gasteiger partial charge in [-0.25, -0.2) is 0 Å². The number of hydrogen-bond donors (Lipinski definition) is 1. The Balaban J connectivity index is 1.58. The highest BCUT2D eigenvalue weighted by Crippen LogP contribution is 2.32. The summed E-state index contributed by atoms with van der Waals surface area (Å²) in [6.07, 6.45) is -4.27. The lowest BCUT2D eigenvalue weighted by Gasteiger charge is -2.09. The maximum atomic E-state index is 12.6. The fourth-order valence-electron chi connectivity index (χ4n) is 2.45. The second-order valence-corrected chi connectivity index (χ2v) is 7.25. The van der Waals surface area contributed by atoms with Crippen molar-refractivity contribution in [2.45, 2.75) is 19.0 Å². The topological polar surface area (TPSA) is 75.0 Å². The zero-order valence-corrected chi connectivity index (χ0v) is 16.7. The first-order valence-corrected chi connectivity index (χ1v) is 9.66. The van der Waals surface area contributed by atoms with Crippen LogP contribution in [-0.4, -0.2) is 10.3 Å². The third kappa shape index (κ3) is 5.49. The first kappa shape index (κ1) is 21.6. The highest BCUT2D eigenvalue weighted by atomic mass is 35.5. The highest BCUT2D eigenvalue weighted by Gasteiger charge is 2.30. The number of nitrogens with one attached hydrogen (secondary N) is 1. The van der Waals surface area contributed by atoms with Gasteiger partial charge in [0.25, 0.3) is 0 Å². The number of rotatable bonds is 6. The molecule has 3 rings (SSSR count). The van der Waals surface area contributed by atoms with Crippen LogP contribution >= 0.6 is 23.1 Å². The minimum Gasteiger partial charge on any atom is -0.457 e.